The molecule has 1 unspecified atom stereocenters. The van der Waals surface area contributed by atoms with Crippen LogP contribution in [0.4, 0.5) is 32.8 Å². The Kier molecular flexibility index (Phi) is 16.5. The van der Waals surface area contributed by atoms with Crippen LogP contribution in [-0.2, 0) is 23.7 Å². The molecule has 2 aliphatic heterocycles. The molecule has 0 aliphatic carbocycles. The summed E-state index contributed by atoms with van der Waals surface area (Å²) in [4.78, 5) is 20.0. The van der Waals surface area contributed by atoms with Gasteiger partial charge in [-0.05, 0) is 117 Å². The summed E-state index contributed by atoms with van der Waals surface area (Å²) in [5.41, 5.74) is 5.13. The number of halogens is 2. The van der Waals surface area contributed by atoms with Crippen LogP contribution in [0, 0.1) is 22.9 Å². The average Bonchev–Trinajstić information content (AvgIpc) is 3.69. The number of benzene rings is 5. The second kappa shape index (κ2) is 22.6. The maximum atomic E-state index is 15.8. The van der Waals surface area contributed by atoms with Crippen molar-refractivity contribution in [2.45, 2.75) is 49.1 Å². The quantitative estimate of drug-likeness (QED) is 0.0343. The topological polar surface area (TPSA) is 152 Å². The lowest BCUT2D eigenvalue weighted by atomic mass is 9.99. The largest absolute Gasteiger partial charge is 0.379 e. The van der Waals surface area contributed by atoms with E-state index in [9.17, 15) is 23.1 Å². The van der Waals surface area contributed by atoms with Gasteiger partial charge in [-0.1, -0.05) is 41.9 Å². The van der Waals surface area contributed by atoms with Crippen molar-refractivity contribution in [3.8, 4) is 22.4 Å². The molecule has 0 amide bonds. The first-order valence-corrected chi connectivity index (χ1v) is 28.5. The molecule has 14 nitrogen and oxygen atoms in total. The van der Waals surface area contributed by atoms with Crippen LogP contribution in [0.1, 0.15) is 32.0 Å². The van der Waals surface area contributed by atoms with E-state index in [2.05, 4.69) is 25.1 Å². The van der Waals surface area contributed by atoms with Gasteiger partial charge in [0.15, 0.2) is 9.84 Å². The van der Waals surface area contributed by atoms with E-state index >= 15 is 4.39 Å². The molecule has 0 spiro atoms. The summed E-state index contributed by atoms with van der Waals surface area (Å²) in [6.07, 6.45) is 1.95. The van der Waals surface area contributed by atoms with Crippen molar-refractivity contribution in [1.29, 1.82) is 0 Å². The minimum atomic E-state index is -3.84. The number of thioether (sulfide) groups is 1. The number of nitrogens with one attached hydrogen (secondary N) is 2. The van der Waals surface area contributed by atoms with E-state index in [1.807, 2.05) is 79.1 Å². The molecule has 2 N–H and O–H groups in total. The predicted molar refractivity (Wildman–Crippen MR) is 287 cm³/mol. The number of piperazine rings is 1. The molecular formula is C52H60ClFN7O7PS2. The molecule has 5 aromatic carbocycles. The lowest BCUT2D eigenvalue weighted by Crippen LogP contribution is -2.46. The number of aromatic nitrogens is 1. The van der Waals surface area contributed by atoms with E-state index in [0.29, 0.717) is 89.7 Å². The molecule has 1 aromatic heterocycles. The van der Waals surface area contributed by atoms with Crippen LogP contribution in [0.15, 0.2) is 125 Å². The summed E-state index contributed by atoms with van der Waals surface area (Å²) in [7, 11) is -6.28. The summed E-state index contributed by atoms with van der Waals surface area (Å²) < 4.78 is 70.4. The van der Waals surface area contributed by atoms with Crippen molar-refractivity contribution >= 4 is 74.5 Å². The Morgan fingerprint density at radius 3 is 2.15 bits per heavy atom. The van der Waals surface area contributed by atoms with Crippen molar-refractivity contribution < 1.29 is 31.6 Å². The van der Waals surface area contributed by atoms with Crippen LogP contribution in [0.2, 0.25) is 5.02 Å². The van der Waals surface area contributed by atoms with Gasteiger partial charge < -0.3 is 34.0 Å². The highest BCUT2D eigenvalue weighted by Crippen LogP contribution is 2.47. The lowest BCUT2D eigenvalue weighted by Gasteiger charge is -2.37. The number of nitro benzene ring substituents is 1. The summed E-state index contributed by atoms with van der Waals surface area (Å²) in [6.45, 7) is 12.0. The van der Waals surface area contributed by atoms with Gasteiger partial charge >= 0.3 is 7.52 Å². The van der Waals surface area contributed by atoms with Crippen molar-refractivity contribution in [3.63, 3.8) is 0 Å². The van der Waals surface area contributed by atoms with E-state index in [0.717, 1.165) is 42.2 Å². The van der Waals surface area contributed by atoms with Crippen LogP contribution in [-0.4, -0.2) is 107 Å². The third-order valence-corrected chi connectivity index (χ3v) is 17.6. The van der Waals surface area contributed by atoms with Gasteiger partial charge in [-0.3, -0.25) is 19.6 Å². The van der Waals surface area contributed by atoms with Gasteiger partial charge in [-0.15, -0.1) is 11.8 Å². The number of nitro groups is 1. The number of anilines is 4. The maximum absolute atomic E-state index is 15.8. The first-order valence-electron chi connectivity index (χ1n) is 23.6. The fraction of sp³-hybridized carbons (Fsp3) is 0.346. The van der Waals surface area contributed by atoms with Crippen molar-refractivity contribution in [2.75, 3.05) is 98.3 Å². The van der Waals surface area contributed by atoms with Crippen molar-refractivity contribution in [1.82, 2.24) is 9.47 Å². The molecule has 2 atom stereocenters. The van der Waals surface area contributed by atoms with E-state index in [4.69, 9.17) is 20.9 Å². The summed E-state index contributed by atoms with van der Waals surface area (Å²) in [5, 5.41) is 19.8. The fourth-order valence-electron chi connectivity index (χ4n) is 9.47. The minimum absolute atomic E-state index is 0.0967. The number of nitrogens with zero attached hydrogens (tertiary/aromatic N) is 5. The Hall–Kier alpha value is -5.39. The van der Waals surface area contributed by atoms with E-state index in [1.165, 1.54) is 31.6 Å². The Balaban J connectivity index is 0.961. The number of ether oxygens (including phenoxy) is 1. The normalized spacial score (nSPS) is 15.9. The standard InChI is InChI=1S/C52H60ClFN7O7PS2/c1-36(2)60-37(3)52(71(5,65)66)50(51(60)38-11-13-40(53)14-12-38)39-31-41(54)33-45(32-39)59-25-23-58(24-26-59)44-17-15-42(16-18-44)56-69(64,67-4)46-19-20-48(49(34-46)61(62)63)55-43(21-22-57-27-29-68-30-28-57)35-70-47-9-7-6-8-10-47/h6-20,31-34,36,43,55H,21-30,35H2,1-5H3,(H,56,64)/t43-,69?/m1/s1. The second-order valence-corrected chi connectivity index (χ2v) is 23.8. The molecule has 0 radical (unpaired) electrons. The maximum Gasteiger partial charge on any atom is 0.323 e. The smallest absolute Gasteiger partial charge is 0.323 e. The number of rotatable bonds is 19. The minimum Gasteiger partial charge on any atom is -0.379 e. The van der Waals surface area contributed by atoms with Crippen LogP contribution in [0.25, 0.3) is 22.4 Å². The highest BCUT2D eigenvalue weighted by atomic mass is 35.5. The van der Waals surface area contributed by atoms with Crippen LogP contribution in [0.5, 0.6) is 0 Å². The van der Waals surface area contributed by atoms with E-state index < -0.39 is 28.1 Å². The van der Waals surface area contributed by atoms with Crippen molar-refractivity contribution in [2.24, 2.45) is 0 Å². The average molecular weight is 1040 g/mol. The third kappa shape index (κ3) is 12.3. The van der Waals surface area contributed by atoms with Crippen molar-refractivity contribution in [3.05, 3.63) is 142 Å². The van der Waals surface area contributed by atoms with Gasteiger partial charge in [0.05, 0.1) is 34.0 Å². The molecule has 2 fully saturated rings. The molecule has 2 saturated heterocycles. The van der Waals surface area contributed by atoms with Gasteiger partial charge in [0.1, 0.15) is 11.5 Å². The molecule has 376 valence electrons. The molecule has 2 aliphatic rings. The number of morpholine rings is 1. The van der Waals surface area contributed by atoms with E-state index in [-0.39, 0.29) is 28.0 Å². The monoisotopic (exact) mass is 1040 g/mol. The van der Waals surface area contributed by atoms with Gasteiger partial charge in [-0.2, -0.15) is 0 Å². The van der Waals surface area contributed by atoms with Gasteiger partial charge in [0.2, 0.25) is 0 Å². The number of hydrogen-bond acceptors (Lipinski definition) is 12. The molecule has 8 rings (SSSR count). The zero-order valence-electron chi connectivity index (χ0n) is 40.5. The van der Waals surface area contributed by atoms with Crippen LogP contribution >= 0.6 is 30.9 Å². The Bertz CT molecular complexity index is 2990. The van der Waals surface area contributed by atoms with Crippen LogP contribution < -0.4 is 25.5 Å². The molecule has 0 saturated carbocycles. The third-order valence-electron chi connectivity index (χ3n) is 13.0. The molecule has 71 heavy (non-hydrogen) atoms. The summed E-state index contributed by atoms with van der Waals surface area (Å²) in [5.74, 6) is 0.203. The molecule has 19 heteroatoms. The lowest BCUT2D eigenvalue weighted by molar-refractivity contribution is -0.383. The SMILES string of the molecule is COP(=O)(Nc1ccc(N2CCN(c3cc(F)cc(-c4c(S(C)(=O)=O)c(C)n(C(C)C)c4-c4ccc(Cl)cc4)c3)CC2)cc1)c1ccc(N[C@H](CCN2CCOCC2)CSc2ccccc2)c([N+](=O)[O-])c1. The first-order chi connectivity index (χ1) is 34.0. The first kappa shape index (κ1) is 51.9. The highest BCUT2D eigenvalue weighted by molar-refractivity contribution is 7.99. The number of hydrogen-bond donors (Lipinski definition) is 2. The predicted octanol–water partition coefficient (Wildman–Crippen LogP) is 11.0. The van der Waals surface area contributed by atoms with E-state index in [1.54, 1.807) is 55.1 Å². The molecular weight excluding hydrogens is 984 g/mol. The summed E-state index contributed by atoms with van der Waals surface area (Å²) >= 11 is 7.95. The second-order valence-electron chi connectivity index (χ2n) is 18.1. The Morgan fingerprint density at radius 1 is 0.873 bits per heavy atom. The van der Waals surface area contributed by atoms with Gasteiger partial charge in [0.25, 0.3) is 5.69 Å². The fourth-order valence-corrected chi connectivity index (χ4v) is 13.3. The molecule has 3 heterocycles. The molecule has 0 bridgehead atoms. The zero-order chi connectivity index (χ0) is 50.5. The highest BCUT2D eigenvalue weighted by Gasteiger charge is 2.32. The van der Waals surface area contributed by atoms with Gasteiger partial charge in [-0.25, -0.2) is 12.8 Å². The zero-order valence-corrected chi connectivity index (χ0v) is 43.8. The Morgan fingerprint density at radius 2 is 1.54 bits per heavy atom. The molecule has 6 aromatic rings. The number of sulfone groups is 1. The van der Waals surface area contributed by atoms with Crippen LogP contribution in [0.3, 0.4) is 0 Å². The van der Waals surface area contributed by atoms with Gasteiger partial charge in [0, 0.05) is 121 Å². The summed E-state index contributed by atoms with van der Waals surface area (Å²) in [6, 6.07) is 33.8. The Labute approximate surface area is 425 Å².